The van der Waals surface area contributed by atoms with Gasteiger partial charge in [-0.25, -0.2) is 0 Å². The second kappa shape index (κ2) is 6.22. The topological polar surface area (TPSA) is 40.8 Å². The van der Waals surface area contributed by atoms with E-state index in [4.69, 9.17) is 18.6 Å². The number of halogens is 1. The van der Waals surface area contributed by atoms with Crippen LogP contribution in [-0.4, -0.2) is 21.3 Å². The van der Waals surface area contributed by atoms with Crippen LogP contribution in [0.15, 0.2) is 28.9 Å². The van der Waals surface area contributed by atoms with Crippen molar-refractivity contribution in [1.82, 2.24) is 0 Å². The number of methoxy groups -OCH3 is 3. The van der Waals surface area contributed by atoms with Crippen molar-refractivity contribution in [3.05, 3.63) is 41.3 Å². The highest BCUT2D eigenvalue weighted by Gasteiger charge is 2.23. The molecule has 0 aliphatic heterocycles. The van der Waals surface area contributed by atoms with E-state index in [1.165, 1.54) is 0 Å². The Balaban J connectivity index is 2.54. The minimum absolute atomic E-state index is 0.0454. The third kappa shape index (κ3) is 2.50. The molecule has 2 rings (SSSR count). The molecule has 4 nitrogen and oxygen atoms in total. The highest BCUT2D eigenvalue weighted by Crippen LogP contribution is 2.46. The molecule has 1 aromatic carbocycles. The Morgan fingerprint density at radius 3 is 2.15 bits per heavy atom. The van der Waals surface area contributed by atoms with Gasteiger partial charge in [-0.3, -0.25) is 0 Å². The third-order valence-corrected chi connectivity index (χ3v) is 4.17. The van der Waals surface area contributed by atoms with Crippen molar-refractivity contribution in [2.45, 2.75) is 11.8 Å². The van der Waals surface area contributed by atoms with E-state index in [1.54, 1.807) is 27.6 Å². The van der Waals surface area contributed by atoms with Crippen LogP contribution in [0.1, 0.15) is 21.7 Å². The number of furan rings is 1. The Morgan fingerprint density at radius 2 is 1.65 bits per heavy atom. The van der Waals surface area contributed by atoms with Crippen LogP contribution in [-0.2, 0) is 0 Å². The van der Waals surface area contributed by atoms with Crippen molar-refractivity contribution in [2.24, 2.45) is 0 Å². The molecule has 0 aliphatic carbocycles. The van der Waals surface area contributed by atoms with E-state index in [2.05, 4.69) is 15.9 Å². The van der Waals surface area contributed by atoms with Gasteiger partial charge in [0.15, 0.2) is 11.5 Å². The van der Waals surface area contributed by atoms with Gasteiger partial charge in [-0.05, 0) is 25.1 Å². The second-order valence-electron chi connectivity index (χ2n) is 4.22. The summed E-state index contributed by atoms with van der Waals surface area (Å²) in [7, 11) is 4.81. The summed E-state index contributed by atoms with van der Waals surface area (Å²) in [5, 5.41) is 0. The summed E-state index contributed by atoms with van der Waals surface area (Å²) < 4.78 is 21.6. The highest BCUT2D eigenvalue weighted by atomic mass is 79.9. The molecule has 20 heavy (non-hydrogen) atoms. The maximum Gasteiger partial charge on any atom is 0.203 e. The molecule has 0 spiro atoms. The summed E-state index contributed by atoms with van der Waals surface area (Å²) in [5.41, 5.74) is 2.00. The predicted octanol–water partition coefficient (Wildman–Crippen LogP) is 4.10. The molecule has 108 valence electrons. The van der Waals surface area contributed by atoms with E-state index in [1.807, 2.05) is 25.1 Å². The van der Waals surface area contributed by atoms with Gasteiger partial charge >= 0.3 is 0 Å². The van der Waals surface area contributed by atoms with E-state index < -0.39 is 0 Å². The molecule has 2 aromatic rings. The van der Waals surface area contributed by atoms with Gasteiger partial charge in [-0.1, -0.05) is 15.9 Å². The van der Waals surface area contributed by atoms with Crippen molar-refractivity contribution in [1.29, 1.82) is 0 Å². The Labute approximate surface area is 126 Å². The fraction of sp³-hybridized carbons (Fsp3) is 0.333. The first-order valence-electron chi connectivity index (χ1n) is 6.11. The van der Waals surface area contributed by atoms with E-state index in [-0.39, 0.29) is 4.83 Å². The predicted molar refractivity (Wildman–Crippen MR) is 80.3 cm³/mol. The summed E-state index contributed by atoms with van der Waals surface area (Å²) >= 11 is 3.69. The zero-order valence-electron chi connectivity index (χ0n) is 11.9. The highest BCUT2D eigenvalue weighted by molar-refractivity contribution is 9.09. The molecule has 1 atom stereocenters. The molecular weight excluding hydrogens is 324 g/mol. The van der Waals surface area contributed by atoms with Crippen molar-refractivity contribution < 1.29 is 18.6 Å². The number of hydrogen-bond donors (Lipinski definition) is 0. The maximum absolute atomic E-state index is 5.50. The monoisotopic (exact) mass is 340 g/mol. The van der Waals surface area contributed by atoms with Crippen molar-refractivity contribution in [2.75, 3.05) is 21.3 Å². The van der Waals surface area contributed by atoms with Crippen LogP contribution in [0.3, 0.4) is 0 Å². The van der Waals surface area contributed by atoms with Crippen LogP contribution < -0.4 is 14.2 Å². The number of aryl methyl sites for hydroxylation is 1. The summed E-state index contributed by atoms with van der Waals surface area (Å²) in [6, 6.07) is 5.75. The lowest BCUT2D eigenvalue weighted by molar-refractivity contribution is 0.322. The van der Waals surface area contributed by atoms with Crippen LogP contribution in [0.25, 0.3) is 0 Å². The molecule has 0 bridgehead atoms. The zero-order chi connectivity index (χ0) is 14.7. The third-order valence-electron chi connectivity index (χ3n) is 3.18. The van der Waals surface area contributed by atoms with Crippen molar-refractivity contribution in [3.63, 3.8) is 0 Å². The first-order chi connectivity index (χ1) is 9.63. The minimum atomic E-state index is -0.0454. The number of ether oxygens (including phenoxy) is 3. The standard InChI is InChI=1S/C15H17BrO4/c1-9-10(7-8-20-9)13(16)11-5-6-12(17-2)15(19-4)14(11)18-3/h5-8,13H,1-4H3. The molecule has 0 amide bonds. The average Bonchev–Trinajstić information content (AvgIpc) is 2.90. The van der Waals surface area contributed by atoms with Crippen molar-refractivity contribution in [3.8, 4) is 17.2 Å². The molecule has 0 aliphatic rings. The quantitative estimate of drug-likeness (QED) is 0.768. The second-order valence-corrected chi connectivity index (χ2v) is 5.13. The lowest BCUT2D eigenvalue weighted by Crippen LogP contribution is -2.01. The lowest BCUT2D eigenvalue weighted by Gasteiger charge is -2.18. The summed E-state index contributed by atoms with van der Waals surface area (Å²) in [6.45, 7) is 1.93. The Bertz CT molecular complexity index is 592. The molecule has 0 radical (unpaired) electrons. The Kier molecular flexibility index (Phi) is 4.60. The van der Waals surface area contributed by atoms with Gasteiger partial charge in [-0.15, -0.1) is 0 Å². The molecule has 0 N–H and O–H groups in total. The largest absolute Gasteiger partial charge is 0.493 e. The van der Waals surface area contributed by atoms with Gasteiger partial charge in [-0.2, -0.15) is 0 Å². The normalized spacial score (nSPS) is 12.1. The SMILES string of the molecule is COc1ccc(C(Br)c2ccoc2C)c(OC)c1OC. The van der Waals surface area contributed by atoms with Crippen molar-refractivity contribution >= 4 is 15.9 Å². The van der Waals surface area contributed by atoms with E-state index in [9.17, 15) is 0 Å². The average molecular weight is 341 g/mol. The van der Waals surface area contributed by atoms with E-state index >= 15 is 0 Å². The number of rotatable bonds is 5. The molecule has 0 saturated heterocycles. The molecule has 1 heterocycles. The summed E-state index contributed by atoms with van der Waals surface area (Å²) in [5.74, 6) is 2.73. The smallest absolute Gasteiger partial charge is 0.203 e. The van der Waals surface area contributed by atoms with Gasteiger partial charge < -0.3 is 18.6 Å². The fourth-order valence-electron chi connectivity index (χ4n) is 2.15. The maximum atomic E-state index is 5.50. The van der Waals surface area contributed by atoms with E-state index in [0.717, 1.165) is 16.9 Å². The van der Waals surface area contributed by atoms with Crippen LogP contribution >= 0.6 is 15.9 Å². The Hall–Kier alpha value is -1.62. The van der Waals surface area contributed by atoms with E-state index in [0.29, 0.717) is 17.2 Å². The first kappa shape index (κ1) is 14.8. The molecule has 5 heteroatoms. The van der Waals surface area contributed by atoms with Gasteiger partial charge in [0.05, 0.1) is 32.4 Å². The van der Waals surface area contributed by atoms with Crippen LogP contribution in [0.5, 0.6) is 17.2 Å². The molecule has 1 aromatic heterocycles. The minimum Gasteiger partial charge on any atom is -0.493 e. The zero-order valence-corrected chi connectivity index (χ0v) is 13.5. The number of hydrogen-bond acceptors (Lipinski definition) is 4. The van der Waals surface area contributed by atoms with Crippen LogP contribution in [0.2, 0.25) is 0 Å². The molecular formula is C15H17BrO4. The van der Waals surface area contributed by atoms with Gasteiger partial charge in [0, 0.05) is 11.1 Å². The number of benzene rings is 1. The van der Waals surface area contributed by atoms with Gasteiger partial charge in [0.25, 0.3) is 0 Å². The van der Waals surface area contributed by atoms with Gasteiger partial charge in [0.1, 0.15) is 5.76 Å². The van der Waals surface area contributed by atoms with Gasteiger partial charge in [0.2, 0.25) is 5.75 Å². The summed E-state index contributed by atoms with van der Waals surface area (Å²) in [4.78, 5) is -0.0454. The molecule has 0 fully saturated rings. The Morgan fingerprint density at radius 1 is 0.950 bits per heavy atom. The first-order valence-corrected chi connectivity index (χ1v) is 7.02. The lowest BCUT2D eigenvalue weighted by atomic mass is 10.0. The summed E-state index contributed by atoms with van der Waals surface area (Å²) in [6.07, 6.45) is 1.67. The fourth-order valence-corrected chi connectivity index (χ4v) is 2.98. The molecule has 0 saturated carbocycles. The number of alkyl halides is 1. The van der Waals surface area contributed by atoms with Crippen LogP contribution in [0, 0.1) is 6.92 Å². The van der Waals surface area contributed by atoms with Crippen LogP contribution in [0.4, 0.5) is 0 Å². The molecule has 1 unspecified atom stereocenters.